The summed E-state index contributed by atoms with van der Waals surface area (Å²) >= 11 is 0.688. The molecule has 1 N–H and O–H groups in total. The van der Waals surface area contributed by atoms with E-state index in [1.165, 1.54) is 25.3 Å². The monoisotopic (exact) mass is 505 g/mol. The van der Waals surface area contributed by atoms with Gasteiger partial charge in [0.1, 0.15) is 11.5 Å². The first-order chi connectivity index (χ1) is 16.2. The van der Waals surface area contributed by atoms with Crippen molar-refractivity contribution >= 4 is 29.0 Å². The standard InChI is InChI=1S/C26H26F3NO4S/c1-24(2)8-9-25(3,4)18-13-19(33-5)16(12-17(18)24)15-7-6-14(10-20(15)34-26(27,28)29)11-21-22(31)30-23(32)35-21/h6-7,10-13H,8-9H2,1-5H3,(H,30,31,32). The van der Waals surface area contributed by atoms with Gasteiger partial charge in [0.15, 0.2) is 0 Å². The van der Waals surface area contributed by atoms with E-state index in [2.05, 4.69) is 37.7 Å². The highest BCUT2D eigenvalue weighted by molar-refractivity contribution is 8.18. The van der Waals surface area contributed by atoms with E-state index >= 15 is 0 Å². The van der Waals surface area contributed by atoms with Gasteiger partial charge in [-0.1, -0.05) is 33.8 Å². The van der Waals surface area contributed by atoms with Crippen LogP contribution in [0, 0.1) is 0 Å². The number of imide groups is 1. The summed E-state index contributed by atoms with van der Waals surface area (Å²) in [5.41, 5.74) is 2.89. The van der Waals surface area contributed by atoms with Gasteiger partial charge in [-0.25, -0.2) is 0 Å². The first kappa shape index (κ1) is 25.2. The number of benzene rings is 2. The number of halogens is 3. The predicted octanol–water partition coefficient (Wildman–Crippen LogP) is 6.93. The Morgan fingerprint density at radius 2 is 1.57 bits per heavy atom. The van der Waals surface area contributed by atoms with E-state index < -0.39 is 23.3 Å². The van der Waals surface area contributed by atoms with Crippen molar-refractivity contribution in [1.82, 2.24) is 5.32 Å². The lowest BCUT2D eigenvalue weighted by Gasteiger charge is -2.42. The number of amides is 2. The average molecular weight is 506 g/mol. The molecule has 186 valence electrons. The van der Waals surface area contributed by atoms with Crippen LogP contribution in [-0.4, -0.2) is 24.6 Å². The zero-order valence-corrected chi connectivity index (χ0v) is 20.9. The fourth-order valence-corrected chi connectivity index (χ4v) is 5.29. The molecule has 0 radical (unpaired) electrons. The average Bonchev–Trinajstić information content (AvgIpc) is 3.06. The van der Waals surface area contributed by atoms with Gasteiger partial charge in [0.2, 0.25) is 0 Å². The summed E-state index contributed by atoms with van der Waals surface area (Å²) < 4.78 is 50.2. The van der Waals surface area contributed by atoms with E-state index in [4.69, 9.17) is 4.74 Å². The van der Waals surface area contributed by atoms with Crippen molar-refractivity contribution in [2.75, 3.05) is 7.11 Å². The number of carbonyl (C=O) groups excluding carboxylic acids is 2. The summed E-state index contributed by atoms with van der Waals surface area (Å²) in [6, 6.07) is 8.13. The van der Waals surface area contributed by atoms with Crippen LogP contribution in [0.3, 0.4) is 0 Å². The fraction of sp³-hybridized carbons (Fsp3) is 0.385. The molecule has 1 saturated heterocycles. The van der Waals surface area contributed by atoms with Gasteiger partial charge in [0, 0.05) is 11.1 Å². The van der Waals surface area contributed by atoms with E-state index in [9.17, 15) is 22.8 Å². The van der Waals surface area contributed by atoms with Gasteiger partial charge in [-0.2, -0.15) is 0 Å². The number of carbonyl (C=O) groups is 2. The number of nitrogens with one attached hydrogen (secondary N) is 1. The Kier molecular flexibility index (Phi) is 6.20. The molecular formula is C26H26F3NO4S. The first-order valence-electron chi connectivity index (χ1n) is 11.1. The number of fused-ring (bicyclic) bond motifs is 1. The van der Waals surface area contributed by atoms with E-state index in [-0.39, 0.29) is 21.3 Å². The molecule has 9 heteroatoms. The van der Waals surface area contributed by atoms with Crippen molar-refractivity contribution in [3.8, 4) is 22.6 Å². The quantitative estimate of drug-likeness (QED) is 0.457. The molecule has 4 rings (SSSR count). The minimum Gasteiger partial charge on any atom is -0.496 e. The SMILES string of the molecule is COc1cc2c(cc1-c1ccc(C=C3SC(=O)NC3=O)cc1OC(F)(F)F)C(C)(C)CCC2(C)C. The van der Waals surface area contributed by atoms with Crippen molar-refractivity contribution in [1.29, 1.82) is 0 Å². The lowest BCUT2D eigenvalue weighted by atomic mass is 9.62. The van der Waals surface area contributed by atoms with Gasteiger partial charge in [-0.3, -0.25) is 14.9 Å². The molecule has 5 nitrogen and oxygen atoms in total. The maximum atomic E-state index is 13.4. The third-order valence-corrected chi connectivity index (χ3v) is 7.44. The summed E-state index contributed by atoms with van der Waals surface area (Å²) in [4.78, 5) is 23.4. The Morgan fingerprint density at radius 1 is 0.943 bits per heavy atom. The number of alkyl halides is 3. The second kappa shape index (κ2) is 8.62. The third kappa shape index (κ3) is 5.05. The van der Waals surface area contributed by atoms with Gasteiger partial charge < -0.3 is 9.47 Å². The summed E-state index contributed by atoms with van der Waals surface area (Å²) in [5.74, 6) is -0.569. The van der Waals surface area contributed by atoms with Crippen molar-refractivity contribution in [2.24, 2.45) is 0 Å². The van der Waals surface area contributed by atoms with E-state index in [0.29, 0.717) is 28.6 Å². The van der Waals surface area contributed by atoms with E-state index in [0.717, 1.165) is 24.0 Å². The van der Waals surface area contributed by atoms with E-state index in [1.54, 1.807) is 6.07 Å². The normalized spacial score (nSPS) is 19.9. The lowest BCUT2D eigenvalue weighted by Crippen LogP contribution is -2.33. The topological polar surface area (TPSA) is 64.6 Å². The van der Waals surface area contributed by atoms with Gasteiger partial charge in [0.25, 0.3) is 11.1 Å². The van der Waals surface area contributed by atoms with Crippen LogP contribution in [-0.2, 0) is 15.6 Å². The van der Waals surface area contributed by atoms with Crippen LogP contribution >= 0.6 is 11.8 Å². The van der Waals surface area contributed by atoms with Crippen molar-refractivity contribution in [3.63, 3.8) is 0 Å². The number of methoxy groups -OCH3 is 1. The molecule has 0 aromatic heterocycles. The highest BCUT2D eigenvalue weighted by Crippen LogP contribution is 2.50. The van der Waals surface area contributed by atoms with Gasteiger partial charge in [0.05, 0.1) is 12.0 Å². The second-order valence-corrected chi connectivity index (χ2v) is 11.0. The minimum absolute atomic E-state index is 0.0936. The highest BCUT2D eigenvalue weighted by Gasteiger charge is 2.39. The molecule has 1 aliphatic carbocycles. The number of rotatable bonds is 4. The molecule has 2 aromatic carbocycles. The molecule has 2 aliphatic rings. The number of hydrogen-bond donors (Lipinski definition) is 1. The van der Waals surface area contributed by atoms with E-state index in [1.807, 2.05) is 12.1 Å². The number of thioether (sulfide) groups is 1. The predicted molar refractivity (Wildman–Crippen MR) is 130 cm³/mol. The molecule has 2 aromatic rings. The zero-order valence-electron chi connectivity index (χ0n) is 20.1. The molecule has 0 atom stereocenters. The maximum absolute atomic E-state index is 13.4. The van der Waals surface area contributed by atoms with Crippen LogP contribution in [0.15, 0.2) is 35.2 Å². The van der Waals surface area contributed by atoms with Crippen molar-refractivity contribution in [3.05, 3.63) is 51.9 Å². The van der Waals surface area contributed by atoms with Crippen LogP contribution in [0.25, 0.3) is 17.2 Å². The minimum atomic E-state index is -4.93. The van der Waals surface area contributed by atoms with Gasteiger partial charge >= 0.3 is 6.36 Å². The van der Waals surface area contributed by atoms with Gasteiger partial charge in [-0.05, 0) is 82.5 Å². The number of hydrogen-bond acceptors (Lipinski definition) is 5. The molecule has 0 saturated carbocycles. The largest absolute Gasteiger partial charge is 0.573 e. The number of ether oxygens (including phenoxy) is 2. The summed E-state index contributed by atoms with van der Waals surface area (Å²) in [6.45, 7) is 8.57. The smallest absolute Gasteiger partial charge is 0.496 e. The third-order valence-electron chi connectivity index (χ3n) is 6.63. The molecule has 0 spiro atoms. The van der Waals surface area contributed by atoms with Gasteiger partial charge in [-0.15, -0.1) is 13.2 Å². The molecule has 1 aliphatic heterocycles. The summed E-state index contributed by atoms with van der Waals surface area (Å²) in [7, 11) is 1.49. The molecule has 1 heterocycles. The first-order valence-corrected chi connectivity index (χ1v) is 11.9. The second-order valence-electron chi connectivity index (χ2n) is 10.0. The Bertz CT molecular complexity index is 1250. The Morgan fingerprint density at radius 3 is 2.11 bits per heavy atom. The molecule has 0 bridgehead atoms. The molecule has 2 amide bonds. The Hall–Kier alpha value is -2.94. The van der Waals surface area contributed by atoms with Crippen LogP contribution in [0.4, 0.5) is 18.0 Å². The van der Waals surface area contributed by atoms with Crippen LogP contribution < -0.4 is 14.8 Å². The van der Waals surface area contributed by atoms with Crippen LogP contribution in [0.1, 0.15) is 57.2 Å². The molecule has 35 heavy (non-hydrogen) atoms. The zero-order chi connectivity index (χ0) is 25.8. The fourth-order valence-electron chi connectivity index (χ4n) is 4.61. The van der Waals surface area contributed by atoms with Crippen LogP contribution in [0.5, 0.6) is 11.5 Å². The maximum Gasteiger partial charge on any atom is 0.573 e. The summed E-state index contributed by atoms with van der Waals surface area (Å²) in [6.07, 6.45) is -1.66. The molecule has 0 unspecified atom stereocenters. The Balaban J connectivity index is 1.90. The summed E-state index contributed by atoms with van der Waals surface area (Å²) in [5, 5.41) is 1.59. The highest BCUT2D eigenvalue weighted by atomic mass is 32.2. The van der Waals surface area contributed by atoms with Crippen molar-refractivity contribution < 1.29 is 32.2 Å². The van der Waals surface area contributed by atoms with Crippen LogP contribution in [0.2, 0.25) is 0 Å². The Labute approximate surface area is 206 Å². The molecule has 1 fully saturated rings. The molecular weight excluding hydrogens is 479 g/mol. The van der Waals surface area contributed by atoms with Crippen molar-refractivity contribution in [2.45, 2.75) is 57.7 Å². The lowest BCUT2D eigenvalue weighted by molar-refractivity contribution is -0.274.